The van der Waals surface area contributed by atoms with Crippen molar-refractivity contribution in [3.05, 3.63) is 0 Å². The fourth-order valence-corrected chi connectivity index (χ4v) is 0. The van der Waals surface area contributed by atoms with Crippen molar-refractivity contribution in [2.24, 2.45) is 0 Å². The van der Waals surface area contributed by atoms with E-state index in [1.54, 1.807) is 0 Å². The van der Waals surface area contributed by atoms with Crippen LogP contribution in [0.1, 0.15) is 0 Å². The highest BCUT2D eigenvalue weighted by molar-refractivity contribution is 6.22. The SMILES string of the molecule is O=[Si](O)O.O=[Si](O)O. The molecule has 0 radical (unpaired) electrons. The summed E-state index contributed by atoms with van der Waals surface area (Å²) in [6.45, 7) is 0. The summed E-state index contributed by atoms with van der Waals surface area (Å²) in [6.07, 6.45) is 0. The van der Waals surface area contributed by atoms with Gasteiger partial charge in [-0.05, 0) is 0 Å². The highest BCUT2D eigenvalue weighted by Crippen LogP contribution is 1.27. The van der Waals surface area contributed by atoms with E-state index >= 15 is 0 Å². The Morgan fingerprint density at radius 3 is 0.750 bits per heavy atom. The van der Waals surface area contributed by atoms with Gasteiger partial charge in [-0.3, -0.25) is 8.92 Å². The second-order valence-electron chi connectivity index (χ2n) is 0.565. The molecule has 0 aromatic rings. The summed E-state index contributed by atoms with van der Waals surface area (Å²) in [5.74, 6) is 0. The monoisotopic (exact) mass is 156 g/mol. The van der Waals surface area contributed by atoms with Gasteiger partial charge in [0.05, 0.1) is 0 Å². The zero-order valence-electron chi connectivity index (χ0n) is 3.61. The van der Waals surface area contributed by atoms with Crippen molar-refractivity contribution in [3.8, 4) is 0 Å². The topological polar surface area (TPSA) is 115 Å². The molecule has 6 nitrogen and oxygen atoms in total. The molecule has 0 fully saturated rings. The maximum absolute atomic E-state index is 8.74. The van der Waals surface area contributed by atoms with Gasteiger partial charge in [0.25, 0.3) is 0 Å². The first-order valence-corrected chi connectivity index (χ1v) is 3.91. The van der Waals surface area contributed by atoms with Crippen LogP contribution in [-0.2, 0) is 8.92 Å². The third kappa shape index (κ3) is 160. The quantitative estimate of drug-likeness (QED) is 0.274. The van der Waals surface area contributed by atoms with E-state index in [9.17, 15) is 0 Å². The molecule has 8 heavy (non-hydrogen) atoms. The molecule has 0 aliphatic carbocycles. The van der Waals surface area contributed by atoms with Crippen LogP contribution < -0.4 is 0 Å². The van der Waals surface area contributed by atoms with Crippen LogP contribution in [-0.4, -0.2) is 37.5 Å². The van der Waals surface area contributed by atoms with E-state index in [0.717, 1.165) is 0 Å². The second-order valence-corrected chi connectivity index (χ2v) is 1.70. The largest absolute Gasteiger partial charge is 0.761 e. The standard InChI is InChI=1S/2H2O3Si/c2*1-4(2)3/h2*1-2H. The van der Waals surface area contributed by atoms with Gasteiger partial charge in [0.2, 0.25) is 0 Å². The van der Waals surface area contributed by atoms with Gasteiger partial charge in [0.15, 0.2) is 0 Å². The summed E-state index contributed by atoms with van der Waals surface area (Å²) >= 11 is 0. The first kappa shape index (κ1) is 10.3. The third-order valence-corrected chi connectivity index (χ3v) is 0. The first-order valence-electron chi connectivity index (χ1n) is 1.30. The van der Waals surface area contributed by atoms with E-state index in [2.05, 4.69) is 0 Å². The zero-order chi connectivity index (χ0) is 7.15. The lowest BCUT2D eigenvalue weighted by molar-refractivity contribution is 0.328. The Kier molecular flexibility index (Phi) is 8.00. The van der Waals surface area contributed by atoms with Gasteiger partial charge in [-0.25, -0.2) is 0 Å². The number of hydrogen-bond donors (Lipinski definition) is 4. The van der Waals surface area contributed by atoms with Crippen molar-refractivity contribution < 1.29 is 28.1 Å². The summed E-state index contributed by atoms with van der Waals surface area (Å²) < 4.78 is 17.5. The van der Waals surface area contributed by atoms with Crippen molar-refractivity contribution in [2.75, 3.05) is 0 Å². The van der Waals surface area contributed by atoms with Crippen molar-refractivity contribution in [1.82, 2.24) is 0 Å². The minimum atomic E-state index is -3.13. The summed E-state index contributed by atoms with van der Waals surface area (Å²) in [5.41, 5.74) is 0. The molecule has 0 bridgehead atoms. The molecule has 0 aromatic heterocycles. The Morgan fingerprint density at radius 2 is 0.750 bits per heavy atom. The molecule has 0 aromatic carbocycles. The maximum Gasteiger partial charge on any atom is 0.761 e. The molecule has 0 heterocycles. The fraction of sp³-hybridized carbons (Fsp3) is 0. The van der Waals surface area contributed by atoms with E-state index < -0.39 is 18.3 Å². The van der Waals surface area contributed by atoms with Crippen LogP contribution in [0.3, 0.4) is 0 Å². The molecular formula is H4O6Si2. The van der Waals surface area contributed by atoms with Crippen LogP contribution in [0.4, 0.5) is 0 Å². The van der Waals surface area contributed by atoms with Gasteiger partial charge >= 0.3 is 18.3 Å². The van der Waals surface area contributed by atoms with Crippen LogP contribution in [0.5, 0.6) is 0 Å². The molecule has 0 saturated carbocycles. The second kappa shape index (κ2) is 6.23. The number of rotatable bonds is 0. The first-order chi connectivity index (χ1) is 3.46. The minimum absolute atomic E-state index is 3.13. The lowest BCUT2D eigenvalue weighted by Gasteiger charge is -1.55. The summed E-state index contributed by atoms with van der Waals surface area (Å²) in [7, 11) is -6.26. The van der Waals surface area contributed by atoms with Crippen LogP contribution in [0.2, 0.25) is 0 Å². The predicted molar refractivity (Wildman–Crippen MR) is 21.8 cm³/mol. The summed E-state index contributed by atoms with van der Waals surface area (Å²) in [4.78, 5) is 28.6. The van der Waals surface area contributed by atoms with E-state index in [0.29, 0.717) is 0 Å². The minimum Gasteiger partial charge on any atom is -0.511 e. The van der Waals surface area contributed by atoms with E-state index in [-0.39, 0.29) is 0 Å². The Morgan fingerprint density at radius 1 is 0.750 bits per heavy atom. The van der Waals surface area contributed by atoms with Gasteiger partial charge in [0.1, 0.15) is 0 Å². The lowest BCUT2D eigenvalue weighted by Crippen LogP contribution is -1.90. The van der Waals surface area contributed by atoms with E-state index in [1.165, 1.54) is 0 Å². The van der Waals surface area contributed by atoms with E-state index in [1.807, 2.05) is 0 Å². The molecule has 8 heteroatoms. The fourth-order valence-electron chi connectivity index (χ4n) is 0. The van der Waals surface area contributed by atoms with Crippen molar-refractivity contribution in [2.45, 2.75) is 0 Å². The molecule has 0 spiro atoms. The molecular weight excluding hydrogens is 152 g/mol. The Hall–Kier alpha value is -0.766. The van der Waals surface area contributed by atoms with E-state index in [4.69, 9.17) is 28.1 Å². The smallest absolute Gasteiger partial charge is 0.511 e. The molecule has 4 N–H and O–H groups in total. The average Bonchev–Trinajstić information content (AvgIpc) is 1.25. The van der Waals surface area contributed by atoms with Gasteiger partial charge in [0, 0.05) is 0 Å². The molecule has 0 rings (SSSR count). The third-order valence-electron chi connectivity index (χ3n) is 0. The van der Waals surface area contributed by atoms with Crippen LogP contribution >= 0.6 is 0 Å². The maximum atomic E-state index is 8.74. The Bertz CT molecular complexity index is 64.5. The number of hydrogen-bond acceptors (Lipinski definition) is 2. The summed E-state index contributed by atoms with van der Waals surface area (Å²) in [6, 6.07) is 0. The lowest BCUT2D eigenvalue weighted by atomic mass is 15.8. The van der Waals surface area contributed by atoms with Crippen LogP contribution in [0.25, 0.3) is 0 Å². The van der Waals surface area contributed by atoms with Gasteiger partial charge in [-0.15, -0.1) is 0 Å². The highest BCUT2D eigenvalue weighted by atomic mass is 28.3. The molecule has 0 aliphatic rings. The normalized spacial score (nSPS) is 6.00. The molecule has 48 valence electrons. The molecule has 0 atom stereocenters. The van der Waals surface area contributed by atoms with Crippen molar-refractivity contribution in [1.29, 1.82) is 0 Å². The highest BCUT2D eigenvalue weighted by Gasteiger charge is 1.85. The summed E-state index contributed by atoms with van der Waals surface area (Å²) in [5, 5.41) is 0. The van der Waals surface area contributed by atoms with Crippen molar-refractivity contribution >= 4 is 18.3 Å². The van der Waals surface area contributed by atoms with Gasteiger partial charge in [-0.1, -0.05) is 0 Å². The average molecular weight is 156 g/mol. The molecule has 0 aliphatic heterocycles. The Balaban J connectivity index is 0. The van der Waals surface area contributed by atoms with Gasteiger partial charge in [-0.2, -0.15) is 0 Å². The van der Waals surface area contributed by atoms with Crippen LogP contribution in [0, 0.1) is 0 Å². The molecule has 0 saturated heterocycles. The predicted octanol–water partition coefficient (Wildman–Crippen LogP) is -3.23. The van der Waals surface area contributed by atoms with Gasteiger partial charge < -0.3 is 19.2 Å². The zero-order valence-corrected chi connectivity index (χ0v) is 5.61. The van der Waals surface area contributed by atoms with Crippen LogP contribution in [0.15, 0.2) is 0 Å². The Labute approximate surface area is 47.5 Å². The molecule has 0 unspecified atom stereocenters. The molecule has 0 amide bonds. The van der Waals surface area contributed by atoms with Crippen molar-refractivity contribution in [3.63, 3.8) is 0 Å².